The molecule has 1 nitrogen and oxygen atoms in total. The van der Waals surface area contributed by atoms with Crippen molar-refractivity contribution in [3.8, 4) is 10.6 Å². The van der Waals surface area contributed by atoms with Crippen molar-refractivity contribution in [3.05, 3.63) is 77.8 Å². The highest BCUT2D eigenvalue weighted by Crippen LogP contribution is 2.37. The van der Waals surface area contributed by atoms with Crippen LogP contribution in [-0.2, 0) is 0 Å². The van der Waals surface area contributed by atoms with Crippen LogP contribution in [0.3, 0.4) is 0 Å². The van der Waals surface area contributed by atoms with Crippen molar-refractivity contribution in [1.82, 2.24) is 4.98 Å². The van der Waals surface area contributed by atoms with E-state index >= 15 is 0 Å². The predicted molar refractivity (Wildman–Crippen MR) is 105 cm³/mol. The third kappa shape index (κ3) is 2.11. The minimum absolute atomic E-state index is 0.755. The summed E-state index contributed by atoms with van der Waals surface area (Å²) in [6.45, 7) is 0. The molecule has 3 heteroatoms. The fraction of sp³-hybridized carbons (Fsp3) is 0. The van der Waals surface area contributed by atoms with Gasteiger partial charge in [0.1, 0.15) is 5.01 Å². The molecule has 0 amide bonds. The lowest BCUT2D eigenvalue weighted by Gasteiger charge is -2.05. The summed E-state index contributed by atoms with van der Waals surface area (Å²) >= 11 is 7.99. The van der Waals surface area contributed by atoms with Gasteiger partial charge in [-0.3, -0.25) is 0 Å². The second-order valence-corrected chi connectivity index (χ2v) is 7.29. The van der Waals surface area contributed by atoms with Crippen molar-refractivity contribution in [3.63, 3.8) is 0 Å². The van der Waals surface area contributed by atoms with Crippen LogP contribution >= 0.6 is 22.9 Å². The van der Waals surface area contributed by atoms with Gasteiger partial charge in [0.15, 0.2) is 0 Å². The zero-order valence-corrected chi connectivity index (χ0v) is 14.2. The van der Waals surface area contributed by atoms with Crippen molar-refractivity contribution < 1.29 is 0 Å². The molecule has 0 bridgehead atoms. The number of benzene rings is 4. The van der Waals surface area contributed by atoms with Crippen LogP contribution in [0.15, 0.2) is 72.8 Å². The third-order valence-corrected chi connectivity index (χ3v) is 5.65. The fourth-order valence-electron chi connectivity index (χ4n) is 3.21. The number of halogens is 1. The van der Waals surface area contributed by atoms with E-state index in [1.54, 1.807) is 11.3 Å². The van der Waals surface area contributed by atoms with Gasteiger partial charge in [0.2, 0.25) is 0 Å². The van der Waals surface area contributed by atoms with E-state index in [4.69, 9.17) is 16.6 Å². The monoisotopic (exact) mass is 345 g/mol. The van der Waals surface area contributed by atoms with Gasteiger partial charge < -0.3 is 0 Å². The van der Waals surface area contributed by atoms with Crippen LogP contribution in [-0.4, -0.2) is 4.98 Å². The Kier molecular flexibility index (Phi) is 3.09. The van der Waals surface area contributed by atoms with Gasteiger partial charge >= 0.3 is 0 Å². The predicted octanol–water partition coefficient (Wildman–Crippen LogP) is 6.92. The first-order valence-electron chi connectivity index (χ1n) is 7.76. The molecule has 24 heavy (non-hydrogen) atoms. The largest absolute Gasteiger partial charge is 0.235 e. The van der Waals surface area contributed by atoms with E-state index in [0.29, 0.717) is 0 Å². The quantitative estimate of drug-likeness (QED) is 0.300. The van der Waals surface area contributed by atoms with E-state index in [2.05, 4.69) is 54.6 Å². The molecular weight excluding hydrogens is 334 g/mol. The SMILES string of the molecule is Clc1ccc2ccc3ccc4sc(-c5ccccc5)nc4c3c2c1. The van der Waals surface area contributed by atoms with Crippen LogP contribution < -0.4 is 0 Å². The summed E-state index contributed by atoms with van der Waals surface area (Å²) < 4.78 is 1.20. The van der Waals surface area contributed by atoms with Crippen molar-refractivity contribution in [2.24, 2.45) is 0 Å². The minimum atomic E-state index is 0.755. The van der Waals surface area contributed by atoms with Gasteiger partial charge in [-0.2, -0.15) is 0 Å². The zero-order valence-electron chi connectivity index (χ0n) is 12.7. The molecule has 0 fully saturated rings. The number of hydrogen-bond donors (Lipinski definition) is 0. The normalized spacial score (nSPS) is 11.5. The number of fused-ring (bicyclic) bond motifs is 5. The zero-order chi connectivity index (χ0) is 16.1. The van der Waals surface area contributed by atoms with Gasteiger partial charge in [-0.15, -0.1) is 11.3 Å². The highest BCUT2D eigenvalue weighted by Gasteiger charge is 2.11. The second-order valence-electron chi connectivity index (χ2n) is 5.83. The number of rotatable bonds is 1. The number of nitrogens with zero attached hydrogens (tertiary/aromatic N) is 1. The Morgan fingerprint density at radius 3 is 2.42 bits per heavy atom. The van der Waals surface area contributed by atoms with Gasteiger partial charge in [0.05, 0.1) is 10.2 Å². The van der Waals surface area contributed by atoms with Crippen molar-refractivity contribution in [2.45, 2.75) is 0 Å². The molecule has 0 saturated carbocycles. The molecule has 0 spiro atoms. The summed E-state index contributed by atoms with van der Waals surface area (Å²) in [5.41, 5.74) is 2.22. The van der Waals surface area contributed by atoms with Gasteiger partial charge in [0, 0.05) is 16.0 Å². The molecule has 0 aliphatic rings. The molecule has 0 aliphatic heterocycles. The van der Waals surface area contributed by atoms with Crippen molar-refractivity contribution in [1.29, 1.82) is 0 Å². The molecule has 0 radical (unpaired) electrons. The Morgan fingerprint density at radius 1 is 0.792 bits per heavy atom. The Balaban J connectivity index is 1.92. The molecule has 4 aromatic carbocycles. The molecule has 0 atom stereocenters. The summed E-state index contributed by atoms with van der Waals surface area (Å²) in [5, 5.41) is 6.54. The number of aromatic nitrogens is 1. The molecule has 0 N–H and O–H groups in total. The topological polar surface area (TPSA) is 12.9 Å². The Bertz CT molecular complexity index is 1210. The average molecular weight is 346 g/mol. The Morgan fingerprint density at radius 2 is 1.54 bits per heavy atom. The first-order chi connectivity index (χ1) is 11.8. The summed E-state index contributed by atoms with van der Waals surface area (Å²) in [5.74, 6) is 0. The molecule has 0 unspecified atom stereocenters. The minimum Gasteiger partial charge on any atom is -0.235 e. The lowest BCUT2D eigenvalue weighted by molar-refractivity contribution is 1.49. The van der Waals surface area contributed by atoms with Gasteiger partial charge in [-0.25, -0.2) is 4.98 Å². The number of thiazole rings is 1. The van der Waals surface area contributed by atoms with Gasteiger partial charge in [-0.1, -0.05) is 66.2 Å². The highest BCUT2D eigenvalue weighted by molar-refractivity contribution is 7.21. The Labute approximate surface area is 148 Å². The highest BCUT2D eigenvalue weighted by atomic mass is 35.5. The van der Waals surface area contributed by atoms with Crippen LogP contribution in [0.2, 0.25) is 5.02 Å². The summed E-state index contributed by atoms with van der Waals surface area (Å²) in [6, 6.07) is 25.0. The lowest BCUT2D eigenvalue weighted by Crippen LogP contribution is -1.81. The van der Waals surface area contributed by atoms with E-state index < -0.39 is 0 Å². The Hall–Kier alpha value is -2.42. The van der Waals surface area contributed by atoms with E-state index in [-0.39, 0.29) is 0 Å². The molecule has 114 valence electrons. The molecule has 1 heterocycles. The van der Waals surface area contributed by atoms with E-state index in [1.807, 2.05) is 18.2 Å². The first-order valence-corrected chi connectivity index (χ1v) is 8.96. The van der Waals surface area contributed by atoms with Crippen LogP contribution in [0.4, 0.5) is 0 Å². The maximum Gasteiger partial charge on any atom is 0.124 e. The first kappa shape index (κ1) is 14.0. The molecule has 0 aliphatic carbocycles. The van der Waals surface area contributed by atoms with Crippen LogP contribution in [0.5, 0.6) is 0 Å². The molecular formula is C21H12ClNS. The second kappa shape index (κ2) is 5.30. The average Bonchev–Trinajstić information content (AvgIpc) is 3.06. The van der Waals surface area contributed by atoms with Gasteiger partial charge in [-0.05, 0) is 34.4 Å². The summed E-state index contributed by atoms with van der Waals surface area (Å²) in [7, 11) is 0. The van der Waals surface area contributed by atoms with Crippen molar-refractivity contribution >= 4 is 54.7 Å². The molecule has 0 saturated heterocycles. The third-order valence-electron chi connectivity index (χ3n) is 4.34. The standard InChI is InChI=1S/C21H12ClNS/c22-16-10-8-13-6-7-14-9-11-18-20(19(14)17(13)12-16)23-21(24-18)15-4-2-1-3-5-15/h1-12H. The van der Waals surface area contributed by atoms with Crippen LogP contribution in [0, 0.1) is 0 Å². The summed E-state index contributed by atoms with van der Waals surface area (Å²) in [4.78, 5) is 4.97. The maximum absolute atomic E-state index is 6.25. The van der Waals surface area contributed by atoms with Crippen molar-refractivity contribution in [2.75, 3.05) is 0 Å². The van der Waals surface area contributed by atoms with Gasteiger partial charge in [0.25, 0.3) is 0 Å². The van der Waals surface area contributed by atoms with E-state index in [1.165, 1.54) is 20.9 Å². The smallest absolute Gasteiger partial charge is 0.124 e. The summed E-state index contributed by atoms with van der Waals surface area (Å²) in [6.07, 6.45) is 0. The van der Waals surface area contributed by atoms with E-state index in [9.17, 15) is 0 Å². The van der Waals surface area contributed by atoms with Crippen LogP contribution in [0.1, 0.15) is 0 Å². The lowest BCUT2D eigenvalue weighted by atomic mass is 10.0. The molecule has 5 aromatic rings. The van der Waals surface area contributed by atoms with E-state index in [0.717, 1.165) is 26.5 Å². The maximum atomic E-state index is 6.25. The fourth-order valence-corrected chi connectivity index (χ4v) is 4.36. The van der Waals surface area contributed by atoms with Crippen LogP contribution in [0.25, 0.3) is 42.3 Å². The molecule has 1 aromatic heterocycles. The number of hydrogen-bond acceptors (Lipinski definition) is 2. The molecule has 5 rings (SSSR count).